The van der Waals surface area contributed by atoms with Crippen LogP contribution in [0.3, 0.4) is 0 Å². The molecule has 1 aromatic carbocycles. The Balaban J connectivity index is 2.23. The van der Waals surface area contributed by atoms with Crippen LogP contribution in [-0.4, -0.2) is 27.6 Å². The van der Waals surface area contributed by atoms with E-state index in [1.807, 2.05) is 0 Å². The number of para-hydroxylation sites is 1. The maximum atomic E-state index is 12.0. The maximum absolute atomic E-state index is 12.0. The van der Waals surface area contributed by atoms with E-state index in [-0.39, 0.29) is 10.9 Å². The van der Waals surface area contributed by atoms with Crippen molar-refractivity contribution in [2.45, 2.75) is 23.8 Å². The fourth-order valence-corrected chi connectivity index (χ4v) is 2.90. The van der Waals surface area contributed by atoms with Gasteiger partial charge >= 0.3 is 0 Å². The SMILES string of the molecule is NCCOc1ccccc1S(=O)(=O)NC1CC1. The van der Waals surface area contributed by atoms with Crippen molar-refractivity contribution in [1.29, 1.82) is 0 Å². The summed E-state index contributed by atoms with van der Waals surface area (Å²) < 4.78 is 32.0. The van der Waals surface area contributed by atoms with Crippen molar-refractivity contribution >= 4 is 10.0 Å². The second kappa shape index (κ2) is 5.03. The monoisotopic (exact) mass is 256 g/mol. The highest BCUT2D eigenvalue weighted by molar-refractivity contribution is 7.89. The van der Waals surface area contributed by atoms with Gasteiger partial charge in [-0.3, -0.25) is 0 Å². The summed E-state index contributed by atoms with van der Waals surface area (Å²) in [6.07, 6.45) is 1.82. The summed E-state index contributed by atoms with van der Waals surface area (Å²) in [5.41, 5.74) is 5.34. The molecule has 2 rings (SSSR count). The molecule has 0 unspecified atom stereocenters. The molecule has 0 radical (unpaired) electrons. The topological polar surface area (TPSA) is 81.4 Å². The molecule has 0 spiro atoms. The van der Waals surface area contributed by atoms with E-state index in [4.69, 9.17) is 10.5 Å². The zero-order valence-electron chi connectivity index (χ0n) is 9.43. The molecule has 5 nitrogen and oxygen atoms in total. The Morgan fingerprint density at radius 3 is 2.71 bits per heavy atom. The largest absolute Gasteiger partial charge is 0.491 e. The Morgan fingerprint density at radius 1 is 1.35 bits per heavy atom. The van der Waals surface area contributed by atoms with Crippen molar-refractivity contribution in [3.63, 3.8) is 0 Å². The highest BCUT2D eigenvalue weighted by Crippen LogP contribution is 2.27. The zero-order chi connectivity index (χ0) is 12.3. The van der Waals surface area contributed by atoms with E-state index < -0.39 is 10.0 Å². The quantitative estimate of drug-likeness (QED) is 0.775. The van der Waals surface area contributed by atoms with Gasteiger partial charge in [-0.25, -0.2) is 13.1 Å². The van der Waals surface area contributed by atoms with Crippen molar-refractivity contribution in [3.05, 3.63) is 24.3 Å². The minimum absolute atomic E-state index is 0.0857. The Morgan fingerprint density at radius 2 is 2.06 bits per heavy atom. The summed E-state index contributed by atoms with van der Waals surface area (Å²) in [5.74, 6) is 0.353. The van der Waals surface area contributed by atoms with E-state index in [9.17, 15) is 8.42 Å². The lowest BCUT2D eigenvalue weighted by Gasteiger charge is -2.11. The van der Waals surface area contributed by atoms with Gasteiger partial charge in [0.1, 0.15) is 17.3 Å². The molecule has 17 heavy (non-hydrogen) atoms. The molecular weight excluding hydrogens is 240 g/mol. The van der Waals surface area contributed by atoms with Crippen LogP contribution in [0.4, 0.5) is 0 Å². The number of sulfonamides is 1. The number of nitrogens with two attached hydrogens (primary N) is 1. The van der Waals surface area contributed by atoms with Gasteiger partial charge < -0.3 is 10.5 Å². The molecule has 0 amide bonds. The summed E-state index contributed by atoms with van der Waals surface area (Å²) in [5, 5.41) is 0. The zero-order valence-corrected chi connectivity index (χ0v) is 10.2. The van der Waals surface area contributed by atoms with Gasteiger partial charge in [0.2, 0.25) is 10.0 Å². The first kappa shape index (κ1) is 12.3. The molecule has 0 aliphatic heterocycles. The number of benzene rings is 1. The molecule has 1 aliphatic carbocycles. The van der Waals surface area contributed by atoms with Crippen LogP contribution in [-0.2, 0) is 10.0 Å². The molecular formula is C11H16N2O3S. The van der Waals surface area contributed by atoms with Gasteiger partial charge in [0.25, 0.3) is 0 Å². The van der Waals surface area contributed by atoms with Crippen LogP contribution in [0.1, 0.15) is 12.8 Å². The predicted octanol–water partition coefficient (Wildman–Crippen LogP) is 0.465. The van der Waals surface area contributed by atoms with Crippen LogP contribution >= 0.6 is 0 Å². The predicted molar refractivity (Wildman–Crippen MR) is 64.3 cm³/mol. The summed E-state index contributed by atoms with van der Waals surface area (Å²) in [4.78, 5) is 0.181. The summed E-state index contributed by atoms with van der Waals surface area (Å²) in [7, 11) is -3.47. The minimum atomic E-state index is -3.47. The van der Waals surface area contributed by atoms with Crippen LogP contribution in [0.2, 0.25) is 0 Å². The average molecular weight is 256 g/mol. The third kappa shape index (κ3) is 3.18. The highest BCUT2D eigenvalue weighted by atomic mass is 32.2. The lowest BCUT2D eigenvalue weighted by molar-refractivity contribution is 0.319. The van der Waals surface area contributed by atoms with Crippen LogP contribution in [0, 0.1) is 0 Å². The smallest absolute Gasteiger partial charge is 0.244 e. The third-order valence-electron chi connectivity index (χ3n) is 2.41. The fraction of sp³-hybridized carbons (Fsp3) is 0.455. The number of hydrogen-bond donors (Lipinski definition) is 2. The van der Waals surface area contributed by atoms with E-state index in [1.54, 1.807) is 18.2 Å². The van der Waals surface area contributed by atoms with Crippen LogP contribution in [0.5, 0.6) is 5.75 Å². The van der Waals surface area contributed by atoms with Gasteiger partial charge in [0.05, 0.1) is 0 Å². The molecule has 0 heterocycles. The maximum Gasteiger partial charge on any atom is 0.244 e. The molecule has 6 heteroatoms. The molecule has 1 aromatic rings. The molecule has 94 valence electrons. The molecule has 0 atom stereocenters. The van der Waals surface area contributed by atoms with Crippen molar-refractivity contribution < 1.29 is 13.2 Å². The van der Waals surface area contributed by atoms with Gasteiger partial charge in [-0.2, -0.15) is 0 Å². The van der Waals surface area contributed by atoms with Crippen LogP contribution in [0.25, 0.3) is 0 Å². The minimum Gasteiger partial charge on any atom is -0.491 e. The van der Waals surface area contributed by atoms with Crippen LogP contribution < -0.4 is 15.2 Å². The number of nitrogens with one attached hydrogen (secondary N) is 1. The van der Waals surface area contributed by atoms with Crippen LogP contribution in [0.15, 0.2) is 29.2 Å². The lowest BCUT2D eigenvalue weighted by atomic mass is 10.3. The summed E-state index contributed by atoms with van der Waals surface area (Å²) in [6, 6.07) is 6.68. The third-order valence-corrected chi connectivity index (χ3v) is 3.97. The summed E-state index contributed by atoms with van der Waals surface area (Å²) >= 11 is 0. The van der Waals surface area contributed by atoms with Gasteiger partial charge in [-0.05, 0) is 25.0 Å². The average Bonchev–Trinajstić information content (AvgIpc) is 3.10. The molecule has 0 bridgehead atoms. The first-order chi connectivity index (χ1) is 8.13. The second-order valence-electron chi connectivity index (χ2n) is 3.98. The first-order valence-corrected chi connectivity index (χ1v) is 7.06. The first-order valence-electron chi connectivity index (χ1n) is 5.58. The standard InChI is InChI=1S/C11H16N2O3S/c12-7-8-16-10-3-1-2-4-11(10)17(14,15)13-9-5-6-9/h1-4,9,13H,5-8,12H2. The molecule has 1 saturated carbocycles. The number of rotatable bonds is 6. The van der Waals surface area contributed by atoms with E-state index >= 15 is 0 Å². The Hall–Kier alpha value is -1.11. The van der Waals surface area contributed by atoms with E-state index in [2.05, 4.69) is 4.72 Å². The van der Waals surface area contributed by atoms with Gasteiger partial charge in [-0.15, -0.1) is 0 Å². The van der Waals surface area contributed by atoms with Gasteiger partial charge in [0, 0.05) is 12.6 Å². The Labute approximate surface area is 101 Å². The molecule has 3 N–H and O–H groups in total. The number of hydrogen-bond acceptors (Lipinski definition) is 4. The highest BCUT2D eigenvalue weighted by Gasteiger charge is 2.29. The number of ether oxygens (including phenoxy) is 1. The molecule has 1 aliphatic rings. The van der Waals surface area contributed by atoms with Gasteiger partial charge in [0.15, 0.2) is 0 Å². The Bertz CT molecular complexity index is 483. The lowest BCUT2D eigenvalue weighted by Crippen LogP contribution is -2.26. The summed E-state index contributed by atoms with van der Waals surface area (Å²) in [6.45, 7) is 0.653. The fourth-order valence-electron chi connectivity index (χ4n) is 1.44. The van der Waals surface area contributed by atoms with E-state index in [0.717, 1.165) is 12.8 Å². The Kier molecular flexibility index (Phi) is 3.66. The van der Waals surface area contributed by atoms with Gasteiger partial charge in [-0.1, -0.05) is 12.1 Å². The van der Waals surface area contributed by atoms with Crippen molar-refractivity contribution in [3.8, 4) is 5.75 Å². The normalized spacial score (nSPS) is 15.8. The van der Waals surface area contributed by atoms with Crippen molar-refractivity contribution in [1.82, 2.24) is 4.72 Å². The van der Waals surface area contributed by atoms with E-state index in [0.29, 0.717) is 18.9 Å². The van der Waals surface area contributed by atoms with Crippen molar-refractivity contribution in [2.24, 2.45) is 5.73 Å². The molecule has 0 saturated heterocycles. The molecule has 1 fully saturated rings. The van der Waals surface area contributed by atoms with E-state index in [1.165, 1.54) is 6.07 Å². The molecule has 0 aromatic heterocycles. The van der Waals surface area contributed by atoms with Crippen molar-refractivity contribution in [2.75, 3.05) is 13.2 Å². The second-order valence-corrected chi connectivity index (χ2v) is 5.66.